The number of carbonyl (C=O) groups is 1. The number of likely N-dealkylation sites (N-methyl/N-ethyl adjacent to an activating group) is 1. The summed E-state index contributed by atoms with van der Waals surface area (Å²) in [6, 6.07) is 5.39. The van der Waals surface area contributed by atoms with Crippen LogP contribution in [0.5, 0.6) is 0 Å². The van der Waals surface area contributed by atoms with Gasteiger partial charge in [0.05, 0.1) is 16.8 Å². The molecule has 2 fully saturated rings. The van der Waals surface area contributed by atoms with Gasteiger partial charge in [-0.1, -0.05) is 18.2 Å². The molecule has 1 aromatic heterocycles. The van der Waals surface area contributed by atoms with Crippen molar-refractivity contribution in [2.24, 2.45) is 9.98 Å². The van der Waals surface area contributed by atoms with Gasteiger partial charge in [-0.25, -0.2) is 4.98 Å². The number of benzene rings is 1. The second kappa shape index (κ2) is 10.1. The number of hydrogen-bond donors (Lipinski definition) is 1. The van der Waals surface area contributed by atoms with E-state index >= 15 is 0 Å². The minimum atomic E-state index is -1.33. The summed E-state index contributed by atoms with van der Waals surface area (Å²) in [4.78, 5) is 29.8. The Hall–Kier alpha value is -2.72. The van der Waals surface area contributed by atoms with Crippen LogP contribution in [0.2, 0.25) is 5.02 Å². The average Bonchev–Trinajstić information content (AvgIpc) is 3.26. The molecule has 0 radical (unpaired) electrons. The number of fused-ring (bicyclic) bond motifs is 1. The number of oxazole rings is 1. The molecule has 1 aromatic carbocycles. The maximum atomic E-state index is 13.0. The van der Waals surface area contributed by atoms with Gasteiger partial charge in [0.1, 0.15) is 5.52 Å². The van der Waals surface area contributed by atoms with Crippen LogP contribution in [0, 0.1) is 0 Å². The van der Waals surface area contributed by atoms with Crippen LogP contribution in [0.1, 0.15) is 43.9 Å². The number of guanidine groups is 1. The van der Waals surface area contributed by atoms with E-state index in [2.05, 4.69) is 21.8 Å². The molecule has 2 saturated heterocycles. The van der Waals surface area contributed by atoms with Gasteiger partial charge in [0.15, 0.2) is 11.5 Å². The molecule has 1 unspecified atom stereocenters. The lowest BCUT2D eigenvalue weighted by atomic mass is 9.97. The van der Waals surface area contributed by atoms with Crippen molar-refractivity contribution in [3.63, 3.8) is 0 Å². The first kappa shape index (κ1) is 24.0. The summed E-state index contributed by atoms with van der Waals surface area (Å²) in [6.45, 7) is 6.07. The van der Waals surface area contributed by atoms with Crippen LogP contribution < -0.4 is 5.32 Å². The molecule has 5 rings (SSSR count). The standard InChI is InChI=1S/C24H29ClN6O3S/c1-15-9-12-35(33)24(27-18-4-6-21(32)30(2)14-18)29-23(26-15)31-10-7-16(8-11-31)22-28-19-5-3-17(25)13-20(19)34-22/h3,5,13,16,18H,1,4,6-12,14H2,2H3,(H,26,27,29)/t18-,35?/m0/s1. The number of nitrogens with zero attached hydrogens (tertiary/aromatic N) is 5. The van der Waals surface area contributed by atoms with Crippen molar-refractivity contribution in [3.05, 3.63) is 41.4 Å². The summed E-state index contributed by atoms with van der Waals surface area (Å²) >= 11 is 6.08. The van der Waals surface area contributed by atoms with E-state index in [0.29, 0.717) is 53.3 Å². The maximum Gasteiger partial charge on any atom is 0.222 e. The maximum absolute atomic E-state index is 13.0. The van der Waals surface area contributed by atoms with Crippen LogP contribution in [-0.2, 0) is 15.6 Å². The van der Waals surface area contributed by atoms with Crippen molar-refractivity contribution in [2.75, 3.05) is 32.4 Å². The average molecular weight is 517 g/mol. The van der Waals surface area contributed by atoms with E-state index < -0.39 is 10.8 Å². The molecule has 2 atom stereocenters. The monoisotopic (exact) mass is 516 g/mol. The second-order valence-corrected chi connectivity index (χ2v) is 11.2. The number of carbonyl (C=O) groups excluding carboxylic acids is 1. The molecule has 3 aliphatic heterocycles. The summed E-state index contributed by atoms with van der Waals surface area (Å²) in [6.07, 6.45) is 3.37. The number of amidine groups is 1. The van der Waals surface area contributed by atoms with Crippen LogP contribution in [0.4, 0.5) is 0 Å². The van der Waals surface area contributed by atoms with Gasteiger partial charge in [0.2, 0.25) is 17.0 Å². The molecule has 186 valence electrons. The van der Waals surface area contributed by atoms with Gasteiger partial charge in [0.25, 0.3) is 0 Å². The van der Waals surface area contributed by atoms with E-state index in [-0.39, 0.29) is 17.9 Å². The Balaban J connectivity index is 1.33. The number of likely N-dealkylation sites (tertiary alicyclic amines) is 2. The third kappa shape index (κ3) is 5.43. The Morgan fingerprint density at radius 3 is 2.83 bits per heavy atom. The Kier molecular flexibility index (Phi) is 6.93. The first-order valence-corrected chi connectivity index (χ1v) is 13.6. The van der Waals surface area contributed by atoms with Crippen molar-refractivity contribution in [1.82, 2.24) is 20.1 Å². The van der Waals surface area contributed by atoms with Gasteiger partial charge in [-0.05, 0) is 37.8 Å². The number of aliphatic imine (C=N–C) groups is 2. The van der Waals surface area contributed by atoms with Crippen molar-refractivity contribution in [2.45, 2.75) is 44.1 Å². The zero-order valence-electron chi connectivity index (χ0n) is 19.7. The highest BCUT2D eigenvalue weighted by Gasteiger charge is 2.29. The van der Waals surface area contributed by atoms with Gasteiger partial charge in [-0.2, -0.15) is 4.99 Å². The largest absolute Gasteiger partial charge is 0.440 e. The molecular weight excluding hydrogens is 488 g/mol. The molecular formula is C24H29ClN6O3S. The highest BCUT2D eigenvalue weighted by Crippen LogP contribution is 2.31. The lowest BCUT2D eigenvalue weighted by Crippen LogP contribution is -2.46. The Bertz CT molecular complexity index is 1230. The first-order valence-electron chi connectivity index (χ1n) is 11.9. The predicted octanol–water partition coefficient (Wildman–Crippen LogP) is 3.25. The smallest absolute Gasteiger partial charge is 0.222 e. The van der Waals surface area contributed by atoms with E-state index in [4.69, 9.17) is 26.0 Å². The predicted molar refractivity (Wildman–Crippen MR) is 138 cm³/mol. The summed E-state index contributed by atoms with van der Waals surface area (Å²) in [7, 11) is 0.451. The third-order valence-electron chi connectivity index (χ3n) is 6.69. The molecule has 11 heteroatoms. The zero-order chi connectivity index (χ0) is 24.5. The molecule has 3 aliphatic rings. The summed E-state index contributed by atoms with van der Waals surface area (Å²) in [5, 5.41) is 4.29. The van der Waals surface area contributed by atoms with Gasteiger partial charge in [-0.15, -0.1) is 0 Å². The number of piperidine rings is 2. The molecule has 2 aromatic rings. The number of halogens is 1. The molecule has 0 bridgehead atoms. The van der Waals surface area contributed by atoms with Gasteiger partial charge < -0.3 is 19.5 Å². The van der Waals surface area contributed by atoms with Crippen LogP contribution in [0.15, 0.2) is 44.9 Å². The van der Waals surface area contributed by atoms with Gasteiger partial charge >= 0.3 is 0 Å². The lowest BCUT2D eigenvalue weighted by Gasteiger charge is -2.34. The number of aromatic nitrogens is 1. The Morgan fingerprint density at radius 2 is 2.06 bits per heavy atom. The van der Waals surface area contributed by atoms with Crippen LogP contribution >= 0.6 is 11.6 Å². The highest BCUT2D eigenvalue weighted by atomic mass is 35.5. The molecule has 1 amide bonds. The number of allylic oxidation sites excluding steroid dienone is 1. The molecule has 9 nitrogen and oxygen atoms in total. The van der Waals surface area contributed by atoms with Crippen molar-refractivity contribution in [3.8, 4) is 0 Å². The lowest BCUT2D eigenvalue weighted by molar-refractivity contribution is -0.132. The topological polar surface area (TPSA) is 103 Å². The number of nitrogens with one attached hydrogen (secondary N) is 1. The van der Waals surface area contributed by atoms with Crippen LogP contribution in [-0.4, -0.2) is 74.5 Å². The zero-order valence-corrected chi connectivity index (χ0v) is 21.3. The molecule has 0 saturated carbocycles. The van der Waals surface area contributed by atoms with Crippen LogP contribution in [0.3, 0.4) is 0 Å². The van der Waals surface area contributed by atoms with Crippen molar-refractivity contribution >= 4 is 50.5 Å². The van der Waals surface area contributed by atoms with E-state index in [1.807, 2.05) is 12.1 Å². The van der Waals surface area contributed by atoms with Gasteiger partial charge in [0, 0.05) is 61.6 Å². The third-order valence-corrected chi connectivity index (χ3v) is 8.10. The van der Waals surface area contributed by atoms with Gasteiger partial charge in [-0.3, -0.25) is 14.0 Å². The Morgan fingerprint density at radius 1 is 1.26 bits per heavy atom. The summed E-state index contributed by atoms with van der Waals surface area (Å²) in [5.41, 5.74) is 2.31. The minimum absolute atomic E-state index is 0.0947. The van der Waals surface area contributed by atoms with Crippen molar-refractivity contribution in [1.29, 1.82) is 0 Å². The molecule has 0 spiro atoms. The normalized spacial score (nSPS) is 26.0. The van der Waals surface area contributed by atoms with E-state index in [1.54, 1.807) is 18.0 Å². The Labute approximate surface area is 211 Å². The number of hydrogen-bond acceptors (Lipinski definition) is 7. The van der Waals surface area contributed by atoms with E-state index in [1.165, 1.54) is 0 Å². The molecule has 1 N–H and O–H groups in total. The highest BCUT2D eigenvalue weighted by molar-refractivity contribution is 8.00. The molecule has 35 heavy (non-hydrogen) atoms. The summed E-state index contributed by atoms with van der Waals surface area (Å²) in [5.74, 6) is 2.11. The quantitative estimate of drug-likeness (QED) is 0.657. The van der Waals surface area contributed by atoms with Crippen LogP contribution in [0.25, 0.3) is 11.1 Å². The SMILES string of the molecule is C=C1CCS(=O)C(=N[C@H]2CCC(=O)N(C)C2)N=C(N2CCC(c3nc4ccc(Cl)cc4o3)CC2)N1. The second-order valence-electron chi connectivity index (χ2n) is 9.27. The first-order chi connectivity index (χ1) is 16.9. The minimum Gasteiger partial charge on any atom is -0.440 e. The molecule has 4 heterocycles. The fourth-order valence-corrected chi connectivity index (χ4v) is 5.85. The number of amides is 1. The fourth-order valence-electron chi connectivity index (χ4n) is 4.62. The number of rotatable bonds is 2. The fraction of sp³-hybridized carbons (Fsp3) is 0.500. The van der Waals surface area contributed by atoms with Crippen molar-refractivity contribution < 1.29 is 13.4 Å². The summed E-state index contributed by atoms with van der Waals surface area (Å²) < 4.78 is 19.0. The van der Waals surface area contributed by atoms with E-state index in [0.717, 1.165) is 43.0 Å². The molecule has 0 aliphatic carbocycles. The van der Waals surface area contributed by atoms with E-state index in [9.17, 15) is 9.00 Å².